The van der Waals surface area contributed by atoms with E-state index in [2.05, 4.69) is 41.7 Å². The van der Waals surface area contributed by atoms with E-state index in [9.17, 15) is 9.59 Å². The zero-order chi connectivity index (χ0) is 19.8. The number of thiophene rings is 1. The van der Waals surface area contributed by atoms with Crippen LogP contribution in [0.4, 0.5) is 5.69 Å². The van der Waals surface area contributed by atoms with Gasteiger partial charge in [0.1, 0.15) is 0 Å². The summed E-state index contributed by atoms with van der Waals surface area (Å²) in [5.74, 6) is 0.0820. The number of likely N-dealkylation sites (tertiary alicyclic amines) is 1. The van der Waals surface area contributed by atoms with Crippen LogP contribution >= 0.6 is 11.3 Å². The number of rotatable bonds is 3. The number of nitrogens with zero attached hydrogens (tertiary/aromatic N) is 1. The average molecular weight is 403 g/mol. The molecule has 0 unspecified atom stereocenters. The zero-order valence-corrected chi connectivity index (χ0v) is 16.9. The number of piperidine rings is 1. The van der Waals surface area contributed by atoms with E-state index in [4.69, 9.17) is 0 Å². The topological polar surface area (TPSA) is 49.4 Å². The van der Waals surface area contributed by atoms with Crippen LogP contribution in [-0.2, 0) is 11.2 Å². The lowest BCUT2D eigenvalue weighted by molar-refractivity contribution is -0.121. The normalized spacial score (nSPS) is 15.7. The Bertz CT molecular complexity index is 1070. The Kier molecular flexibility index (Phi) is 4.68. The van der Waals surface area contributed by atoms with Crippen LogP contribution in [0.2, 0.25) is 0 Å². The lowest BCUT2D eigenvalue weighted by Gasteiger charge is -2.31. The van der Waals surface area contributed by atoms with Crippen LogP contribution in [0.25, 0.3) is 11.1 Å². The van der Waals surface area contributed by atoms with Crippen molar-refractivity contribution < 1.29 is 9.59 Å². The molecule has 3 aromatic rings. The molecule has 5 heteroatoms. The Labute approximate surface area is 174 Å². The van der Waals surface area contributed by atoms with Gasteiger partial charge < -0.3 is 10.2 Å². The summed E-state index contributed by atoms with van der Waals surface area (Å²) in [5, 5.41) is 5.02. The fraction of sp³-hybridized carbons (Fsp3) is 0.250. The monoisotopic (exact) mass is 402 g/mol. The van der Waals surface area contributed by atoms with E-state index in [1.165, 1.54) is 33.6 Å². The van der Waals surface area contributed by atoms with E-state index in [1.807, 2.05) is 28.5 Å². The van der Waals surface area contributed by atoms with Crippen LogP contribution in [0.15, 0.2) is 60.0 Å². The molecule has 2 amide bonds. The summed E-state index contributed by atoms with van der Waals surface area (Å²) >= 11 is 1.47. The second kappa shape index (κ2) is 7.48. The second-order valence-corrected chi connectivity index (χ2v) is 8.69. The summed E-state index contributed by atoms with van der Waals surface area (Å²) in [6, 6.07) is 18.4. The number of nitrogens with one attached hydrogen (secondary N) is 1. The molecule has 1 aliphatic heterocycles. The first-order valence-electron chi connectivity index (χ1n) is 10.0. The van der Waals surface area contributed by atoms with Gasteiger partial charge in [-0.15, -0.1) is 11.3 Å². The number of carbonyl (C=O) groups excluding carboxylic acids is 2. The van der Waals surface area contributed by atoms with Gasteiger partial charge in [0.25, 0.3) is 5.91 Å². The molecule has 1 aromatic heterocycles. The lowest BCUT2D eigenvalue weighted by atomic mass is 9.95. The minimum absolute atomic E-state index is 0.0528. The molecule has 0 spiro atoms. The molecular weight excluding hydrogens is 380 g/mol. The molecule has 0 bridgehead atoms. The standard InChI is InChI=1S/C24H22N2O2S/c27-23(16-9-11-26(12-10-16)24(28)22-6-3-13-29-22)25-19-8-7-18-14-17-4-1-2-5-20(17)21(18)15-19/h1-8,13,15-16H,9-12,14H2,(H,25,27). The summed E-state index contributed by atoms with van der Waals surface area (Å²) in [7, 11) is 0. The van der Waals surface area contributed by atoms with Gasteiger partial charge in [-0.05, 0) is 65.1 Å². The van der Waals surface area contributed by atoms with Crippen molar-refractivity contribution >= 4 is 28.8 Å². The maximum atomic E-state index is 12.8. The second-order valence-electron chi connectivity index (χ2n) is 7.74. The highest BCUT2D eigenvalue weighted by molar-refractivity contribution is 7.12. The molecule has 4 nitrogen and oxygen atoms in total. The van der Waals surface area contributed by atoms with E-state index in [0.29, 0.717) is 25.9 Å². The van der Waals surface area contributed by atoms with Crippen molar-refractivity contribution in [3.8, 4) is 11.1 Å². The number of hydrogen-bond donors (Lipinski definition) is 1. The highest BCUT2D eigenvalue weighted by Crippen LogP contribution is 2.38. The fourth-order valence-corrected chi connectivity index (χ4v) is 5.04. The Balaban J connectivity index is 1.23. The molecule has 1 aliphatic carbocycles. The molecule has 0 atom stereocenters. The largest absolute Gasteiger partial charge is 0.338 e. The molecule has 1 N–H and O–H groups in total. The molecule has 2 aliphatic rings. The predicted octanol–water partition coefficient (Wildman–Crippen LogP) is 4.81. The highest BCUT2D eigenvalue weighted by atomic mass is 32.1. The molecule has 2 aromatic carbocycles. The van der Waals surface area contributed by atoms with E-state index < -0.39 is 0 Å². The number of carbonyl (C=O) groups is 2. The number of hydrogen-bond acceptors (Lipinski definition) is 3. The van der Waals surface area contributed by atoms with Crippen molar-refractivity contribution in [2.45, 2.75) is 19.3 Å². The molecular formula is C24H22N2O2S. The molecule has 0 saturated carbocycles. The first-order chi connectivity index (χ1) is 14.2. The Morgan fingerprint density at radius 1 is 0.931 bits per heavy atom. The van der Waals surface area contributed by atoms with Crippen molar-refractivity contribution in [1.29, 1.82) is 0 Å². The lowest BCUT2D eigenvalue weighted by Crippen LogP contribution is -2.41. The summed E-state index contributed by atoms with van der Waals surface area (Å²) < 4.78 is 0. The fourth-order valence-electron chi connectivity index (χ4n) is 4.35. The van der Waals surface area contributed by atoms with Crippen LogP contribution in [0.1, 0.15) is 33.6 Å². The smallest absolute Gasteiger partial charge is 0.263 e. The average Bonchev–Trinajstić information content (AvgIpc) is 3.41. The van der Waals surface area contributed by atoms with Gasteiger partial charge in [-0.2, -0.15) is 0 Å². The number of fused-ring (bicyclic) bond motifs is 3. The minimum atomic E-state index is -0.0528. The van der Waals surface area contributed by atoms with Crippen LogP contribution in [0.3, 0.4) is 0 Å². The molecule has 5 rings (SSSR count). The van der Waals surface area contributed by atoms with Crippen LogP contribution in [-0.4, -0.2) is 29.8 Å². The number of anilines is 1. The van der Waals surface area contributed by atoms with Crippen LogP contribution < -0.4 is 5.32 Å². The highest BCUT2D eigenvalue weighted by Gasteiger charge is 2.28. The van der Waals surface area contributed by atoms with E-state index >= 15 is 0 Å². The third kappa shape index (κ3) is 3.47. The third-order valence-electron chi connectivity index (χ3n) is 5.95. The first kappa shape index (κ1) is 18.1. The van der Waals surface area contributed by atoms with Crippen LogP contribution in [0.5, 0.6) is 0 Å². The molecule has 146 valence electrons. The zero-order valence-electron chi connectivity index (χ0n) is 16.1. The molecule has 1 fully saturated rings. The van der Waals surface area contributed by atoms with Crippen molar-refractivity contribution in [1.82, 2.24) is 4.90 Å². The van der Waals surface area contributed by atoms with E-state index in [0.717, 1.165) is 17.0 Å². The quantitative estimate of drug-likeness (QED) is 0.535. The maximum absolute atomic E-state index is 12.8. The summed E-state index contributed by atoms with van der Waals surface area (Å²) in [4.78, 5) is 27.9. The van der Waals surface area contributed by atoms with Gasteiger partial charge in [0.05, 0.1) is 4.88 Å². The van der Waals surface area contributed by atoms with Gasteiger partial charge in [0, 0.05) is 24.7 Å². The van der Waals surface area contributed by atoms with Crippen molar-refractivity contribution in [2.24, 2.45) is 5.92 Å². The van der Waals surface area contributed by atoms with Crippen LogP contribution in [0, 0.1) is 5.92 Å². The van der Waals surface area contributed by atoms with Crippen molar-refractivity contribution in [2.75, 3.05) is 18.4 Å². The Morgan fingerprint density at radius 2 is 1.72 bits per heavy atom. The van der Waals surface area contributed by atoms with Gasteiger partial charge in [-0.1, -0.05) is 36.4 Å². The van der Waals surface area contributed by atoms with Crippen molar-refractivity contribution in [3.63, 3.8) is 0 Å². The molecule has 1 saturated heterocycles. The number of amides is 2. The Morgan fingerprint density at radius 3 is 2.52 bits per heavy atom. The molecule has 0 radical (unpaired) electrons. The summed E-state index contributed by atoms with van der Waals surface area (Å²) in [6.45, 7) is 1.26. The van der Waals surface area contributed by atoms with Gasteiger partial charge in [-0.3, -0.25) is 9.59 Å². The Hall–Kier alpha value is -2.92. The van der Waals surface area contributed by atoms with Gasteiger partial charge >= 0.3 is 0 Å². The maximum Gasteiger partial charge on any atom is 0.263 e. The summed E-state index contributed by atoms with van der Waals surface area (Å²) in [6.07, 6.45) is 2.36. The van der Waals surface area contributed by atoms with Crippen molar-refractivity contribution in [3.05, 3.63) is 76.0 Å². The van der Waals surface area contributed by atoms with Gasteiger partial charge in [0.2, 0.25) is 5.91 Å². The number of benzene rings is 2. The first-order valence-corrected chi connectivity index (χ1v) is 10.9. The predicted molar refractivity (Wildman–Crippen MR) is 116 cm³/mol. The summed E-state index contributed by atoms with van der Waals surface area (Å²) in [5.41, 5.74) is 5.98. The SMILES string of the molecule is O=C(Nc1ccc2c(c1)-c1ccccc1C2)C1CCN(C(=O)c2cccs2)CC1. The third-order valence-corrected chi connectivity index (χ3v) is 6.81. The van der Waals surface area contributed by atoms with Gasteiger partial charge in [0.15, 0.2) is 0 Å². The van der Waals surface area contributed by atoms with Gasteiger partial charge in [-0.25, -0.2) is 0 Å². The molecule has 2 heterocycles. The van der Waals surface area contributed by atoms with E-state index in [-0.39, 0.29) is 17.7 Å². The molecule has 29 heavy (non-hydrogen) atoms. The van der Waals surface area contributed by atoms with E-state index in [1.54, 1.807) is 0 Å². The minimum Gasteiger partial charge on any atom is -0.338 e.